The molecule has 0 heterocycles. The molecule has 1 aromatic carbocycles. The van der Waals surface area contributed by atoms with Crippen molar-refractivity contribution in [1.29, 1.82) is 0 Å². The maximum Gasteiger partial charge on any atom is 0.408 e. The molecule has 0 saturated carbocycles. The molecular weight excluding hydrogens is 364 g/mol. The fourth-order valence-corrected chi connectivity index (χ4v) is 2.27. The minimum atomic E-state index is -1.23. The van der Waals surface area contributed by atoms with Gasteiger partial charge >= 0.3 is 12.1 Å². The third-order valence-electron chi connectivity index (χ3n) is 3.43. The van der Waals surface area contributed by atoms with Crippen molar-refractivity contribution in [3.05, 3.63) is 35.9 Å². The largest absolute Gasteiger partial charge is 0.461 e. The van der Waals surface area contributed by atoms with Gasteiger partial charge in [0.2, 0.25) is 5.91 Å². The third kappa shape index (κ3) is 8.85. The van der Waals surface area contributed by atoms with Crippen LogP contribution in [0.3, 0.4) is 0 Å². The zero-order valence-corrected chi connectivity index (χ0v) is 17.0. The van der Waals surface area contributed by atoms with E-state index in [1.165, 1.54) is 0 Å². The van der Waals surface area contributed by atoms with Gasteiger partial charge in [0.05, 0.1) is 12.7 Å². The first-order valence-electron chi connectivity index (χ1n) is 9.17. The molecule has 0 aliphatic carbocycles. The van der Waals surface area contributed by atoms with E-state index in [9.17, 15) is 19.5 Å². The number of ether oxygens (including phenoxy) is 2. The highest BCUT2D eigenvalue weighted by molar-refractivity contribution is 5.90. The first-order valence-corrected chi connectivity index (χ1v) is 9.17. The van der Waals surface area contributed by atoms with Crippen LogP contribution in [0.4, 0.5) is 4.79 Å². The van der Waals surface area contributed by atoms with E-state index in [2.05, 4.69) is 10.6 Å². The Balaban J connectivity index is 2.90. The number of hydrogen-bond acceptors (Lipinski definition) is 6. The van der Waals surface area contributed by atoms with E-state index in [0.29, 0.717) is 0 Å². The Hall–Kier alpha value is -2.61. The lowest BCUT2D eigenvalue weighted by atomic mass is 10.0. The molecule has 156 valence electrons. The monoisotopic (exact) mass is 394 g/mol. The van der Waals surface area contributed by atoms with Gasteiger partial charge in [-0.3, -0.25) is 4.79 Å². The summed E-state index contributed by atoms with van der Waals surface area (Å²) in [6.45, 7) is 7.84. The number of aliphatic hydroxyl groups is 1. The maximum atomic E-state index is 12.7. The van der Waals surface area contributed by atoms with Crippen molar-refractivity contribution < 1.29 is 29.0 Å². The Labute approximate surface area is 165 Å². The lowest BCUT2D eigenvalue weighted by Crippen LogP contribution is -2.54. The summed E-state index contributed by atoms with van der Waals surface area (Å²) in [4.78, 5) is 36.9. The topological polar surface area (TPSA) is 114 Å². The van der Waals surface area contributed by atoms with E-state index < -0.39 is 48.4 Å². The summed E-state index contributed by atoms with van der Waals surface area (Å²) in [6.07, 6.45) is -0.962. The molecule has 0 aliphatic heterocycles. The molecule has 2 atom stereocenters. The SMILES string of the molecule is CC(C)OC(=O)C(CO)NC(=O)C(Cc1ccccc1)NC(=O)OC(C)(C)C. The normalized spacial score (nSPS) is 13.4. The molecular formula is C20H30N2O6. The van der Waals surface area contributed by atoms with Gasteiger partial charge in [-0.25, -0.2) is 9.59 Å². The van der Waals surface area contributed by atoms with Crippen molar-refractivity contribution in [2.45, 2.75) is 64.8 Å². The number of amides is 2. The van der Waals surface area contributed by atoms with E-state index in [1.54, 1.807) is 34.6 Å². The number of nitrogens with one attached hydrogen (secondary N) is 2. The fourth-order valence-electron chi connectivity index (χ4n) is 2.27. The summed E-state index contributed by atoms with van der Waals surface area (Å²) in [5.74, 6) is -1.38. The lowest BCUT2D eigenvalue weighted by Gasteiger charge is -2.25. The van der Waals surface area contributed by atoms with E-state index in [1.807, 2.05) is 30.3 Å². The lowest BCUT2D eigenvalue weighted by molar-refractivity contribution is -0.152. The number of hydrogen-bond donors (Lipinski definition) is 3. The maximum absolute atomic E-state index is 12.7. The van der Waals surface area contributed by atoms with Gasteiger partial charge in [0.25, 0.3) is 0 Å². The molecule has 0 radical (unpaired) electrons. The minimum Gasteiger partial charge on any atom is -0.461 e. The zero-order chi connectivity index (χ0) is 21.3. The quantitative estimate of drug-likeness (QED) is 0.577. The van der Waals surface area contributed by atoms with Gasteiger partial charge in [-0.15, -0.1) is 0 Å². The Morgan fingerprint density at radius 1 is 1.04 bits per heavy atom. The van der Waals surface area contributed by atoms with Crippen molar-refractivity contribution in [2.75, 3.05) is 6.61 Å². The molecule has 0 spiro atoms. The zero-order valence-electron chi connectivity index (χ0n) is 17.0. The van der Waals surface area contributed by atoms with Crippen molar-refractivity contribution in [3.63, 3.8) is 0 Å². The summed E-state index contributed by atoms with van der Waals surface area (Å²) < 4.78 is 10.2. The molecule has 3 N–H and O–H groups in total. The fraction of sp³-hybridized carbons (Fsp3) is 0.550. The van der Waals surface area contributed by atoms with Crippen LogP contribution in [0.25, 0.3) is 0 Å². The molecule has 0 bridgehead atoms. The van der Waals surface area contributed by atoms with Crippen LogP contribution in [0, 0.1) is 0 Å². The first-order chi connectivity index (χ1) is 13.0. The molecule has 1 aromatic rings. The Morgan fingerprint density at radius 3 is 2.14 bits per heavy atom. The van der Waals surface area contributed by atoms with E-state index in [0.717, 1.165) is 5.56 Å². The highest BCUT2D eigenvalue weighted by Gasteiger charge is 2.29. The minimum absolute atomic E-state index is 0.184. The number of carbonyl (C=O) groups excluding carboxylic acids is 3. The standard InChI is InChI=1S/C20H30N2O6/c1-13(2)27-18(25)16(12-23)21-17(24)15(11-14-9-7-6-8-10-14)22-19(26)28-20(3,4)5/h6-10,13,15-16,23H,11-12H2,1-5H3,(H,21,24)(H,22,26). The van der Waals surface area contributed by atoms with Crippen molar-refractivity contribution in [3.8, 4) is 0 Å². The van der Waals surface area contributed by atoms with Crippen LogP contribution in [0.2, 0.25) is 0 Å². The Kier molecular flexibility index (Phi) is 8.91. The molecule has 28 heavy (non-hydrogen) atoms. The van der Waals surface area contributed by atoms with E-state index in [-0.39, 0.29) is 6.42 Å². The molecule has 8 nitrogen and oxygen atoms in total. The predicted molar refractivity (Wildman–Crippen MR) is 104 cm³/mol. The number of benzene rings is 1. The van der Waals surface area contributed by atoms with Gasteiger partial charge in [-0.05, 0) is 40.2 Å². The van der Waals surface area contributed by atoms with Crippen LogP contribution in [-0.4, -0.2) is 53.5 Å². The molecule has 0 aromatic heterocycles. The summed E-state index contributed by atoms with van der Waals surface area (Å²) in [5.41, 5.74) is 0.0797. The second kappa shape index (κ2) is 10.7. The van der Waals surface area contributed by atoms with Crippen LogP contribution in [0.1, 0.15) is 40.2 Å². The van der Waals surface area contributed by atoms with Gasteiger partial charge < -0.3 is 25.2 Å². The molecule has 0 aliphatic rings. The second-order valence-corrected chi connectivity index (χ2v) is 7.62. The smallest absolute Gasteiger partial charge is 0.408 e. The number of rotatable bonds is 8. The number of carbonyl (C=O) groups is 3. The molecule has 2 amide bonds. The van der Waals surface area contributed by atoms with Crippen LogP contribution >= 0.6 is 0 Å². The van der Waals surface area contributed by atoms with Gasteiger partial charge in [-0.2, -0.15) is 0 Å². The molecule has 2 unspecified atom stereocenters. The van der Waals surface area contributed by atoms with Gasteiger partial charge in [0, 0.05) is 6.42 Å². The Morgan fingerprint density at radius 2 is 1.64 bits per heavy atom. The summed E-state index contributed by atoms with van der Waals surface area (Å²) in [6, 6.07) is 6.86. The summed E-state index contributed by atoms with van der Waals surface area (Å²) in [7, 11) is 0. The van der Waals surface area contributed by atoms with E-state index >= 15 is 0 Å². The first kappa shape index (κ1) is 23.4. The molecule has 0 fully saturated rings. The number of esters is 1. The molecule has 8 heteroatoms. The average Bonchev–Trinajstić information content (AvgIpc) is 2.57. The summed E-state index contributed by atoms with van der Waals surface area (Å²) in [5, 5.41) is 14.4. The predicted octanol–water partition coefficient (Wildman–Crippen LogP) is 1.55. The average molecular weight is 394 g/mol. The van der Waals surface area contributed by atoms with Crippen molar-refractivity contribution >= 4 is 18.0 Å². The van der Waals surface area contributed by atoms with Crippen molar-refractivity contribution in [1.82, 2.24) is 10.6 Å². The van der Waals surface area contributed by atoms with Gasteiger partial charge in [0.15, 0.2) is 6.04 Å². The number of aliphatic hydroxyl groups excluding tert-OH is 1. The van der Waals surface area contributed by atoms with Crippen LogP contribution < -0.4 is 10.6 Å². The van der Waals surface area contributed by atoms with E-state index in [4.69, 9.17) is 9.47 Å². The molecule has 0 saturated heterocycles. The van der Waals surface area contributed by atoms with Crippen LogP contribution in [0.5, 0.6) is 0 Å². The second-order valence-electron chi connectivity index (χ2n) is 7.62. The Bertz CT molecular complexity index is 654. The number of alkyl carbamates (subject to hydrolysis) is 1. The highest BCUT2D eigenvalue weighted by Crippen LogP contribution is 2.09. The highest BCUT2D eigenvalue weighted by atomic mass is 16.6. The molecule has 1 rings (SSSR count). The van der Waals surface area contributed by atoms with Gasteiger partial charge in [-0.1, -0.05) is 30.3 Å². The third-order valence-corrected chi connectivity index (χ3v) is 3.43. The van der Waals surface area contributed by atoms with Crippen LogP contribution in [0.15, 0.2) is 30.3 Å². The van der Waals surface area contributed by atoms with Gasteiger partial charge in [0.1, 0.15) is 11.6 Å². The van der Waals surface area contributed by atoms with Crippen molar-refractivity contribution in [2.24, 2.45) is 0 Å². The summed E-state index contributed by atoms with van der Waals surface area (Å²) >= 11 is 0. The van der Waals surface area contributed by atoms with Crippen LogP contribution in [-0.2, 0) is 25.5 Å².